The number of hydrogen-bond acceptors (Lipinski definition) is 7. The number of carbonyl (C=O) groups is 3. The van der Waals surface area contributed by atoms with Crippen LogP contribution in [-0.2, 0) is 24.3 Å². The van der Waals surface area contributed by atoms with Crippen molar-refractivity contribution in [1.82, 2.24) is 5.32 Å². The van der Waals surface area contributed by atoms with Crippen LogP contribution in [0.1, 0.15) is 23.2 Å². The van der Waals surface area contributed by atoms with Crippen LogP contribution < -0.4 is 20.5 Å². The van der Waals surface area contributed by atoms with E-state index in [-0.39, 0.29) is 29.0 Å². The lowest BCUT2D eigenvalue weighted by Crippen LogP contribution is -2.42. The Kier molecular flexibility index (Phi) is 8.63. The highest BCUT2D eigenvalue weighted by atomic mass is 32.2. The number of hydrogen-bond donors (Lipinski definition) is 3. The highest BCUT2D eigenvalue weighted by Gasteiger charge is 2.23. The number of primary amides is 1. The predicted molar refractivity (Wildman–Crippen MR) is 132 cm³/mol. The number of anilines is 1. The van der Waals surface area contributed by atoms with Gasteiger partial charge in [-0.1, -0.05) is 30.3 Å². The van der Waals surface area contributed by atoms with E-state index in [1.54, 1.807) is 48.5 Å². The summed E-state index contributed by atoms with van der Waals surface area (Å²) < 4.78 is 38.9. The molecule has 0 aromatic heterocycles. The molecule has 0 heterocycles. The first kappa shape index (κ1) is 26.2. The average molecular weight is 512 g/mol. The minimum atomic E-state index is -4.02. The lowest BCUT2D eigenvalue weighted by Gasteiger charge is -2.16. The minimum absolute atomic E-state index is 0.0331. The molecule has 0 aliphatic rings. The summed E-state index contributed by atoms with van der Waals surface area (Å²) in [6, 6.07) is 19.5. The summed E-state index contributed by atoms with van der Waals surface area (Å²) >= 11 is 0. The van der Waals surface area contributed by atoms with E-state index in [9.17, 15) is 22.8 Å². The van der Waals surface area contributed by atoms with Crippen molar-refractivity contribution in [2.45, 2.75) is 23.8 Å². The number of nitrogens with one attached hydrogen (secondary N) is 2. The number of benzene rings is 3. The molecule has 3 aromatic rings. The van der Waals surface area contributed by atoms with Gasteiger partial charge in [0.25, 0.3) is 15.9 Å². The summed E-state index contributed by atoms with van der Waals surface area (Å²) in [7, 11) is -2.86. The summed E-state index contributed by atoms with van der Waals surface area (Å²) in [5, 5.41) is 2.47. The van der Waals surface area contributed by atoms with Crippen LogP contribution in [0.3, 0.4) is 0 Å². The maximum atomic E-state index is 13.0. The fraction of sp³-hybridized carbons (Fsp3) is 0.160. The summed E-state index contributed by atoms with van der Waals surface area (Å²) in [5.74, 6) is -1.15. The van der Waals surface area contributed by atoms with Crippen molar-refractivity contribution >= 4 is 33.5 Å². The molecule has 0 aliphatic heterocycles. The topological polar surface area (TPSA) is 154 Å². The standard InChI is InChI=1S/C25H25N3O7S/c1-34-25(31)21(15-16-23(26)29)27-24(30)17-11-13-19(14-12-17)36(32,33)28-20-9-5-6-10-22(20)35-18-7-3-2-4-8-18/h2-14,21,28H,15-16H2,1H3,(H2,26,29)(H,27,30)/t21-/m0/s1. The van der Waals surface area contributed by atoms with E-state index in [1.165, 1.54) is 24.3 Å². The third-order valence-corrected chi connectivity index (χ3v) is 6.38. The normalized spacial score (nSPS) is 11.7. The van der Waals surface area contributed by atoms with Gasteiger partial charge in [0.05, 0.1) is 17.7 Å². The highest BCUT2D eigenvalue weighted by molar-refractivity contribution is 7.92. The second-order valence-electron chi connectivity index (χ2n) is 7.60. The van der Waals surface area contributed by atoms with Crippen LogP contribution in [-0.4, -0.2) is 39.4 Å². The van der Waals surface area contributed by atoms with Gasteiger partial charge < -0.3 is 20.5 Å². The summed E-state index contributed by atoms with van der Waals surface area (Å²) in [5.41, 5.74) is 5.45. The van der Waals surface area contributed by atoms with Crippen molar-refractivity contribution in [3.05, 3.63) is 84.4 Å². The molecule has 188 valence electrons. The van der Waals surface area contributed by atoms with Crippen molar-refractivity contribution in [2.75, 3.05) is 11.8 Å². The van der Waals surface area contributed by atoms with Gasteiger partial charge in [-0.05, 0) is 55.0 Å². The average Bonchev–Trinajstić information content (AvgIpc) is 2.87. The van der Waals surface area contributed by atoms with Gasteiger partial charge in [0, 0.05) is 12.0 Å². The van der Waals surface area contributed by atoms with Crippen LogP contribution >= 0.6 is 0 Å². The van der Waals surface area contributed by atoms with Crippen molar-refractivity contribution in [2.24, 2.45) is 5.73 Å². The Hall–Kier alpha value is -4.38. The molecule has 0 fully saturated rings. The molecule has 10 nitrogen and oxygen atoms in total. The zero-order valence-electron chi connectivity index (χ0n) is 19.3. The number of ether oxygens (including phenoxy) is 2. The molecule has 3 aromatic carbocycles. The number of sulfonamides is 1. The smallest absolute Gasteiger partial charge is 0.328 e. The van der Waals surface area contributed by atoms with Crippen LogP contribution in [0.2, 0.25) is 0 Å². The zero-order valence-corrected chi connectivity index (χ0v) is 20.2. The van der Waals surface area contributed by atoms with Crippen molar-refractivity contribution in [3.63, 3.8) is 0 Å². The van der Waals surface area contributed by atoms with Crippen LogP contribution in [0.25, 0.3) is 0 Å². The molecule has 4 N–H and O–H groups in total. The minimum Gasteiger partial charge on any atom is -0.467 e. The van der Waals surface area contributed by atoms with Gasteiger partial charge in [-0.2, -0.15) is 0 Å². The summed E-state index contributed by atoms with van der Waals surface area (Å²) in [4.78, 5) is 35.4. The number of rotatable bonds is 11. The Morgan fingerprint density at radius 3 is 2.19 bits per heavy atom. The highest BCUT2D eigenvalue weighted by Crippen LogP contribution is 2.30. The van der Waals surface area contributed by atoms with Crippen LogP contribution in [0.4, 0.5) is 5.69 Å². The van der Waals surface area contributed by atoms with Gasteiger partial charge in [-0.3, -0.25) is 14.3 Å². The number of para-hydroxylation sites is 3. The van der Waals surface area contributed by atoms with E-state index in [2.05, 4.69) is 14.8 Å². The molecule has 0 radical (unpaired) electrons. The van der Waals surface area contributed by atoms with Gasteiger partial charge in [0.2, 0.25) is 5.91 Å². The maximum absolute atomic E-state index is 13.0. The van der Waals surface area contributed by atoms with Crippen molar-refractivity contribution in [3.8, 4) is 11.5 Å². The maximum Gasteiger partial charge on any atom is 0.328 e. The Labute approximate surface area is 208 Å². The molecule has 0 unspecified atom stereocenters. The van der Waals surface area contributed by atoms with Crippen LogP contribution in [0.15, 0.2) is 83.8 Å². The molecule has 0 bridgehead atoms. The van der Waals surface area contributed by atoms with Crippen LogP contribution in [0.5, 0.6) is 11.5 Å². The molecule has 0 aliphatic carbocycles. The molecular weight excluding hydrogens is 486 g/mol. The quantitative estimate of drug-likeness (QED) is 0.335. The summed E-state index contributed by atoms with van der Waals surface area (Å²) in [6.07, 6.45) is -0.160. The molecule has 0 spiro atoms. The first-order valence-electron chi connectivity index (χ1n) is 10.8. The molecular formula is C25H25N3O7S. The third kappa shape index (κ3) is 7.06. The molecule has 11 heteroatoms. The van der Waals surface area contributed by atoms with E-state index >= 15 is 0 Å². The SMILES string of the molecule is COC(=O)[C@H](CCC(N)=O)NC(=O)c1ccc(S(=O)(=O)Nc2ccccc2Oc2ccccc2)cc1. The van der Waals surface area contributed by atoms with Crippen molar-refractivity contribution in [1.29, 1.82) is 0 Å². The number of esters is 1. The van der Waals surface area contributed by atoms with Crippen LogP contribution in [0, 0.1) is 0 Å². The first-order chi connectivity index (χ1) is 17.2. The summed E-state index contributed by atoms with van der Waals surface area (Å²) in [6.45, 7) is 0. The molecule has 0 saturated carbocycles. The lowest BCUT2D eigenvalue weighted by molar-refractivity contribution is -0.143. The second kappa shape index (κ2) is 11.8. The monoisotopic (exact) mass is 511 g/mol. The Balaban J connectivity index is 1.73. The van der Waals surface area contributed by atoms with E-state index in [4.69, 9.17) is 10.5 Å². The predicted octanol–water partition coefficient (Wildman–Crippen LogP) is 2.82. The van der Waals surface area contributed by atoms with E-state index in [1.807, 2.05) is 6.07 Å². The second-order valence-corrected chi connectivity index (χ2v) is 9.28. The van der Waals surface area contributed by atoms with Gasteiger partial charge in [0.1, 0.15) is 11.8 Å². The first-order valence-corrected chi connectivity index (χ1v) is 12.3. The molecule has 1 atom stereocenters. The van der Waals surface area contributed by atoms with E-state index < -0.39 is 33.8 Å². The molecule has 3 rings (SSSR count). The van der Waals surface area contributed by atoms with E-state index in [0.717, 1.165) is 7.11 Å². The van der Waals surface area contributed by atoms with Gasteiger partial charge in [-0.25, -0.2) is 13.2 Å². The molecule has 0 saturated heterocycles. The number of methoxy groups -OCH3 is 1. The van der Waals surface area contributed by atoms with Gasteiger partial charge in [0.15, 0.2) is 5.75 Å². The molecule has 36 heavy (non-hydrogen) atoms. The van der Waals surface area contributed by atoms with Gasteiger partial charge >= 0.3 is 5.97 Å². The number of nitrogens with two attached hydrogens (primary N) is 1. The largest absolute Gasteiger partial charge is 0.467 e. The van der Waals surface area contributed by atoms with Gasteiger partial charge in [-0.15, -0.1) is 0 Å². The number of amides is 2. The fourth-order valence-corrected chi connectivity index (χ4v) is 4.23. The lowest BCUT2D eigenvalue weighted by atomic mass is 10.1. The Morgan fingerprint density at radius 2 is 1.56 bits per heavy atom. The fourth-order valence-electron chi connectivity index (χ4n) is 3.16. The zero-order chi connectivity index (χ0) is 26.1. The van der Waals surface area contributed by atoms with E-state index in [0.29, 0.717) is 11.5 Å². The number of carbonyl (C=O) groups excluding carboxylic acids is 3. The Bertz CT molecular complexity index is 1330. The Morgan fingerprint density at radius 1 is 0.917 bits per heavy atom. The van der Waals surface area contributed by atoms with Crippen molar-refractivity contribution < 1.29 is 32.3 Å². The molecule has 2 amide bonds. The third-order valence-electron chi connectivity index (χ3n) is 5.00.